The van der Waals surface area contributed by atoms with Gasteiger partial charge >= 0.3 is 5.97 Å². The molecule has 1 atom stereocenters. The molecule has 3 rings (SSSR count). The Morgan fingerprint density at radius 3 is 2.41 bits per heavy atom. The second-order valence-corrected chi connectivity index (χ2v) is 7.57. The van der Waals surface area contributed by atoms with Gasteiger partial charge in [0, 0.05) is 17.7 Å². The highest BCUT2D eigenvalue weighted by Gasteiger charge is 2.29. The van der Waals surface area contributed by atoms with Crippen LogP contribution in [0, 0.1) is 6.92 Å². The van der Waals surface area contributed by atoms with Crippen molar-refractivity contribution in [3.8, 4) is 5.75 Å². The predicted octanol–water partition coefficient (Wildman–Crippen LogP) is 4.54. The van der Waals surface area contributed by atoms with Gasteiger partial charge in [-0.15, -0.1) is 11.6 Å². The van der Waals surface area contributed by atoms with Crippen LogP contribution in [0.4, 0.5) is 0 Å². The van der Waals surface area contributed by atoms with E-state index in [9.17, 15) is 9.59 Å². The van der Waals surface area contributed by atoms with Crippen LogP contribution in [0.15, 0.2) is 78.0 Å². The zero-order valence-electron chi connectivity index (χ0n) is 15.2. The minimum atomic E-state index is -0.688. The van der Waals surface area contributed by atoms with Crippen molar-refractivity contribution in [1.29, 1.82) is 0 Å². The van der Waals surface area contributed by atoms with Crippen LogP contribution in [0.1, 0.15) is 29.3 Å². The Morgan fingerprint density at radius 1 is 1.07 bits per heavy atom. The van der Waals surface area contributed by atoms with E-state index >= 15 is 0 Å². The molecule has 1 N–H and O–H groups in total. The number of hydrogen-bond donors (Lipinski definition) is 1. The smallest absolute Gasteiger partial charge is 0.345 e. The third-order valence-electron chi connectivity index (χ3n) is 4.20. The van der Waals surface area contributed by atoms with Crippen LogP contribution in [0.25, 0.3) is 0 Å². The monoisotopic (exact) mass is 381 g/mol. The Balaban J connectivity index is 1.86. The largest absolute Gasteiger partial charge is 0.423 e. The van der Waals surface area contributed by atoms with Gasteiger partial charge in [0.2, 0.25) is 0 Å². The molecule has 0 aromatic heterocycles. The van der Waals surface area contributed by atoms with Crippen molar-refractivity contribution >= 4 is 23.5 Å². The molecule has 0 fully saturated rings. The number of esters is 1. The number of hydrogen-bond acceptors (Lipinski definition) is 3. The summed E-state index contributed by atoms with van der Waals surface area (Å²) < 4.78 is 5.41. The van der Waals surface area contributed by atoms with Gasteiger partial charge in [0.15, 0.2) is 0 Å². The van der Waals surface area contributed by atoms with Crippen LogP contribution < -0.4 is 10.1 Å². The summed E-state index contributed by atoms with van der Waals surface area (Å²) in [6, 6.07) is 16.0. The number of halogens is 1. The number of para-hydroxylation sites is 1. The molecule has 2 aromatic carbocycles. The lowest BCUT2D eigenvalue weighted by molar-refractivity contribution is -0.129. The molecule has 5 heteroatoms. The van der Waals surface area contributed by atoms with Crippen molar-refractivity contribution in [2.45, 2.75) is 25.1 Å². The molecule has 0 spiro atoms. The number of nitrogens with one attached hydrogen (secondary N) is 1. The number of amides is 1. The molecule has 138 valence electrons. The van der Waals surface area contributed by atoms with E-state index in [1.165, 1.54) is 0 Å². The number of ether oxygens (including phenoxy) is 1. The lowest BCUT2D eigenvalue weighted by Crippen LogP contribution is -2.32. The second kappa shape index (κ2) is 7.80. The molecule has 0 radical (unpaired) electrons. The van der Waals surface area contributed by atoms with Crippen molar-refractivity contribution in [1.82, 2.24) is 5.32 Å². The number of aryl methyl sites for hydroxylation is 1. The molecule has 1 unspecified atom stereocenters. The fourth-order valence-electron chi connectivity index (χ4n) is 2.72. The minimum Gasteiger partial charge on any atom is -0.423 e. The summed E-state index contributed by atoms with van der Waals surface area (Å²) in [4.78, 5) is 24.5. The molecule has 0 saturated carbocycles. The quantitative estimate of drug-likeness (QED) is 0.480. The number of alkyl halides is 1. The number of allylic oxidation sites excluding steroid dienone is 2. The molecule has 1 amide bonds. The first kappa shape index (κ1) is 18.9. The van der Waals surface area contributed by atoms with Crippen LogP contribution in [0.5, 0.6) is 5.75 Å². The van der Waals surface area contributed by atoms with Gasteiger partial charge < -0.3 is 10.1 Å². The lowest BCUT2D eigenvalue weighted by atomic mass is 9.94. The Hall–Kier alpha value is -2.85. The molecular weight excluding hydrogens is 362 g/mol. The number of benzene rings is 2. The van der Waals surface area contributed by atoms with E-state index in [1.807, 2.05) is 32.0 Å². The van der Waals surface area contributed by atoms with Gasteiger partial charge in [0.25, 0.3) is 5.91 Å². The first-order valence-electron chi connectivity index (χ1n) is 8.61. The summed E-state index contributed by atoms with van der Waals surface area (Å²) in [7, 11) is 0. The third kappa shape index (κ3) is 4.86. The fraction of sp³-hybridized carbons (Fsp3) is 0.182. The normalized spacial score (nSPS) is 18.9. The predicted molar refractivity (Wildman–Crippen MR) is 106 cm³/mol. The fourth-order valence-corrected chi connectivity index (χ4v) is 2.92. The Bertz CT molecular complexity index is 912. The number of rotatable bonds is 4. The molecule has 0 saturated heterocycles. The number of carbonyl (C=O) groups excluding carboxylic acids is 2. The summed E-state index contributed by atoms with van der Waals surface area (Å²) in [6.45, 7) is 3.77. The molecule has 27 heavy (non-hydrogen) atoms. The summed E-state index contributed by atoms with van der Waals surface area (Å²) in [5, 5.41) is 2.83. The summed E-state index contributed by atoms with van der Waals surface area (Å²) in [5.74, 6) is -0.395. The van der Waals surface area contributed by atoms with Crippen LogP contribution in [0.2, 0.25) is 0 Å². The van der Waals surface area contributed by atoms with Gasteiger partial charge in [-0.1, -0.05) is 42.0 Å². The highest BCUT2D eigenvalue weighted by molar-refractivity contribution is 6.25. The topological polar surface area (TPSA) is 55.4 Å². The van der Waals surface area contributed by atoms with Gasteiger partial charge in [0.1, 0.15) is 5.75 Å². The van der Waals surface area contributed by atoms with E-state index in [0.29, 0.717) is 23.4 Å². The SMILES string of the molecule is Cc1ccc(C(=O)NC2=C(C(=O)Oc3ccccc3)C=CC(C)(Cl)C2)cc1. The average molecular weight is 382 g/mol. The van der Waals surface area contributed by atoms with Crippen LogP contribution in [-0.4, -0.2) is 16.8 Å². The molecule has 0 heterocycles. The summed E-state index contributed by atoms with van der Waals surface area (Å²) in [5.41, 5.74) is 2.31. The van der Waals surface area contributed by atoms with Crippen molar-refractivity contribution in [2.75, 3.05) is 0 Å². The van der Waals surface area contributed by atoms with E-state index in [0.717, 1.165) is 5.56 Å². The Morgan fingerprint density at radius 2 is 1.74 bits per heavy atom. The second-order valence-electron chi connectivity index (χ2n) is 6.70. The van der Waals surface area contributed by atoms with E-state index in [2.05, 4.69) is 5.32 Å². The summed E-state index contributed by atoms with van der Waals surface area (Å²) in [6.07, 6.45) is 3.64. The van der Waals surface area contributed by atoms with Crippen molar-refractivity contribution in [3.63, 3.8) is 0 Å². The zero-order chi connectivity index (χ0) is 19.4. The Labute approximate surface area is 163 Å². The standard InChI is InChI=1S/C22H20ClNO3/c1-15-8-10-16(11-9-15)20(25)24-19-14-22(2,23)13-12-18(19)21(26)27-17-6-4-3-5-7-17/h3-13H,14H2,1-2H3,(H,24,25). The Kier molecular flexibility index (Phi) is 5.47. The summed E-state index contributed by atoms with van der Waals surface area (Å²) >= 11 is 6.42. The molecule has 2 aromatic rings. The molecular formula is C22H20ClNO3. The number of carbonyl (C=O) groups is 2. The van der Waals surface area contributed by atoms with Crippen LogP contribution in [0.3, 0.4) is 0 Å². The minimum absolute atomic E-state index is 0.289. The molecule has 1 aliphatic carbocycles. The molecule has 1 aliphatic rings. The first-order chi connectivity index (χ1) is 12.8. The first-order valence-corrected chi connectivity index (χ1v) is 8.98. The third-order valence-corrected chi connectivity index (χ3v) is 4.46. The van der Waals surface area contributed by atoms with Gasteiger partial charge in [0.05, 0.1) is 10.4 Å². The van der Waals surface area contributed by atoms with E-state index in [1.54, 1.807) is 48.6 Å². The highest BCUT2D eigenvalue weighted by atomic mass is 35.5. The zero-order valence-corrected chi connectivity index (χ0v) is 15.9. The van der Waals surface area contributed by atoms with Gasteiger partial charge in [-0.3, -0.25) is 4.79 Å². The highest BCUT2D eigenvalue weighted by Crippen LogP contribution is 2.31. The lowest BCUT2D eigenvalue weighted by Gasteiger charge is -2.26. The molecule has 0 aliphatic heterocycles. The van der Waals surface area contributed by atoms with Crippen molar-refractivity contribution in [3.05, 3.63) is 89.1 Å². The maximum Gasteiger partial charge on any atom is 0.345 e. The van der Waals surface area contributed by atoms with E-state index < -0.39 is 10.8 Å². The molecule has 4 nitrogen and oxygen atoms in total. The van der Waals surface area contributed by atoms with Gasteiger partial charge in [-0.05, 0) is 44.2 Å². The maximum absolute atomic E-state index is 12.6. The van der Waals surface area contributed by atoms with E-state index in [-0.39, 0.29) is 11.5 Å². The maximum atomic E-state index is 12.6. The van der Waals surface area contributed by atoms with Crippen molar-refractivity contribution in [2.24, 2.45) is 0 Å². The average Bonchev–Trinajstić information content (AvgIpc) is 2.62. The molecule has 0 bridgehead atoms. The van der Waals surface area contributed by atoms with Gasteiger partial charge in [-0.2, -0.15) is 0 Å². The van der Waals surface area contributed by atoms with Crippen LogP contribution in [-0.2, 0) is 4.79 Å². The van der Waals surface area contributed by atoms with Gasteiger partial charge in [-0.25, -0.2) is 4.79 Å². The van der Waals surface area contributed by atoms with Crippen LogP contribution >= 0.6 is 11.6 Å². The van der Waals surface area contributed by atoms with E-state index in [4.69, 9.17) is 16.3 Å². The van der Waals surface area contributed by atoms with Crippen molar-refractivity contribution < 1.29 is 14.3 Å².